The Hall–Kier alpha value is -2.82. The second-order valence-corrected chi connectivity index (χ2v) is 6.61. The van der Waals surface area contributed by atoms with Crippen LogP contribution >= 0.6 is 23.2 Å². The van der Waals surface area contributed by atoms with Crippen LogP contribution in [0.15, 0.2) is 59.5 Å². The second kappa shape index (κ2) is 7.43. The van der Waals surface area contributed by atoms with Crippen molar-refractivity contribution in [3.63, 3.8) is 0 Å². The molecule has 0 aliphatic rings. The minimum atomic E-state index is 0.494. The van der Waals surface area contributed by atoms with Gasteiger partial charge in [-0.1, -0.05) is 41.4 Å². The van der Waals surface area contributed by atoms with Gasteiger partial charge in [-0.3, -0.25) is 9.97 Å². The number of hydrogen-bond donors (Lipinski definition) is 0. The summed E-state index contributed by atoms with van der Waals surface area (Å²) in [5, 5.41) is 1.92. The molecule has 0 aliphatic heterocycles. The lowest BCUT2D eigenvalue weighted by Gasteiger charge is -2.04. The molecule has 0 unspecified atom stereocenters. The number of pyridine rings is 2. The van der Waals surface area contributed by atoms with Gasteiger partial charge in [0, 0.05) is 41.3 Å². The Morgan fingerprint density at radius 3 is 2.41 bits per heavy atom. The molecular formula is C21H14Cl2N2O2. The molecule has 134 valence electrons. The van der Waals surface area contributed by atoms with E-state index < -0.39 is 0 Å². The number of nitrogens with zero attached hydrogens (tertiary/aromatic N) is 2. The van der Waals surface area contributed by atoms with E-state index >= 15 is 0 Å². The van der Waals surface area contributed by atoms with Crippen LogP contribution in [0.5, 0.6) is 5.75 Å². The highest BCUT2D eigenvalue weighted by atomic mass is 35.5. The molecule has 0 saturated carbocycles. The number of fused-ring (bicyclic) bond motifs is 1. The van der Waals surface area contributed by atoms with Crippen LogP contribution in [-0.2, 0) is 0 Å². The third-order valence-corrected chi connectivity index (χ3v) is 4.79. The van der Waals surface area contributed by atoms with Gasteiger partial charge in [0.25, 0.3) is 0 Å². The minimum absolute atomic E-state index is 0.494. The summed E-state index contributed by atoms with van der Waals surface area (Å²) < 4.78 is 11.5. The normalized spacial score (nSPS) is 11.4. The van der Waals surface area contributed by atoms with E-state index in [1.165, 1.54) is 0 Å². The number of hydrogen-bond acceptors (Lipinski definition) is 4. The highest BCUT2D eigenvalue weighted by molar-refractivity contribution is 6.37. The number of aromatic nitrogens is 2. The molecule has 0 fully saturated rings. The molecule has 0 atom stereocenters. The van der Waals surface area contributed by atoms with E-state index in [-0.39, 0.29) is 0 Å². The molecule has 3 heterocycles. The summed E-state index contributed by atoms with van der Waals surface area (Å²) in [6, 6.07) is 9.62. The maximum Gasteiger partial charge on any atom is 0.177 e. The second-order valence-electron chi connectivity index (χ2n) is 5.80. The van der Waals surface area contributed by atoms with E-state index in [2.05, 4.69) is 9.97 Å². The highest BCUT2D eigenvalue weighted by Crippen LogP contribution is 2.36. The van der Waals surface area contributed by atoms with Gasteiger partial charge in [0.15, 0.2) is 11.3 Å². The number of methoxy groups -OCH3 is 1. The molecule has 1 aromatic carbocycles. The van der Waals surface area contributed by atoms with Crippen LogP contribution in [-0.4, -0.2) is 17.1 Å². The molecule has 0 spiro atoms. The number of halogens is 2. The van der Waals surface area contributed by atoms with Crippen LogP contribution in [0.1, 0.15) is 11.1 Å². The van der Waals surface area contributed by atoms with E-state index in [0.717, 1.165) is 27.8 Å². The first-order chi connectivity index (χ1) is 13.2. The van der Waals surface area contributed by atoms with Gasteiger partial charge in [0.1, 0.15) is 5.76 Å². The summed E-state index contributed by atoms with van der Waals surface area (Å²) >= 11 is 12.4. The molecule has 0 saturated heterocycles. The van der Waals surface area contributed by atoms with Crippen molar-refractivity contribution in [3.8, 4) is 17.1 Å². The van der Waals surface area contributed by atoms with Gasteiger partial charge in [-0.25, -0.2) is 0 Å². The number of ether oxygens (including phenoxy) is 1. The average molecular weight is 397 g/mol. The maximum atomic E-state index is 6.20. The SMILES string of the molecule is COc1ccc(C=Cc2c(Cl)cncc2Cl)c2cc(-c3ccncc3)oc12. The van der Waals surface area contributed by atoms with Crippen molar-refractivity contribution in [1.82, 2.24) is 9.97 Å². The first-order valence-corrected chi connectivity index (χ1v) is 8.91. The fourth-order valence-electron chi connectivity index (χ4n) is 2.84. The quantitative estimate of drug-likeness (QED) is 0.401. The van der Waals surface area contributed by atoms with Crippen LogP contribution in [0.3, 0.4) is 0 Å². The zero-order chi connectivity index (χ0) is 18.8. The molecule has 4 nitrogen and oxygen atoms in total. The van der Waals surface area contributed by atoms with Crippen LogP contribution in [0.2, 0.25) is 10.0 Å². The monoisotopic (exact) mass is 396 g/mol. The van der Waals surface area contributed by atoms with Crippen LogP contribution in [0, 0.1) is 0 Å². The van der Waals surface area contributed by atoms with Crippen LogP contribution < -0.4 is 4.74 Å². The molecule has 0 amide bonds. The molecule has 6 heteroatoms. The molecule has 0 radical (unpaired) electrons. The number of rotatable bonds is 4. The first-order valence-electron chi connectivity index (χ1n) is 8.15. The van der Waals surface area contributed by atoms with Gasteiger partial charge >= 0.3 is 0 Å². The van der Waals surface area contributed by atoms with Crippen molar-refractivity contribution >= 4 is 46.3 Å². The van der Waals surface area contributed by atoms with Crippen molar-refractivity contribution in [2.75, 3.05) is 7.11 Å². The van der Waals surface area contributed by atoms with Crippen molar-refractivity contribution in [2.24, 2.45) is 0 Å². The lowest BCUT2D eigenvalue weighted by Crippen LogP contribution is -1.84. The van der Waals surface area contributed by atoms with Crippen molar-refractivity contribution in [1.29, 1.82) is 0 Å². The summed E-state index contributed by atoms with van der Waals surface area (Å²) in [4.78, 5) is 8.02. The van der Waals surface area contributed by atoms with Crippen LogP contribution in [0.25, 0.3) is 34.4 Å². The summed E-state index contributed by atoms with van der Waals surface area (Å²) in [5.74, 6) is 1.41. The summed E-state index contributed by atoms with van der Waals surface area (Å²) in [6.07, 6.45) is 10.4. The largest absolute Gasteiger partial charge is 0.493 e. The molecule has 4 rings (SSSR count). The van der Waals surface area contributed by atoms with Gasteiger partial charge < -0.3 is 9.15 Å². The predicted octanol–water partition coefficient (Wildman–Crippen LogP) is 6.38. The predicted molar refractivity (Wildman–Crippen MR) is 109 cm³/mol. The fraction of sp³-hybridized carbons (Fsp3) is 0.0476. The zero-order valence-corrected chi connectivity index (χ0v) is 15.8. The fourth-order valence-corrected chi connectivity index (χ4v) is 3.33. The lowest BCUT2D eigenvalue weighted by atomic mass is 10.1. The molecular weight excluding hydrogens is 383 g/mol. The van der Waals surface area contributed by atoms with Gasteiger partial charge in [0.05, 0.1) is 17.2 Å². The van der Waals surface area contributed by atoms with Gasteiger partial charge in [-0.05, 0) is 29.8 Å². The van der Waals surface area contributed by atoms with Crippen molar-refractivity contribution in [2.45, 2.75) is 0 Å². The first kappa shape index (κ1) is 17.6. The Morgan fingerprint density at radius 2 is 1.70 bits per heavy atom. The Kier molecular flexibility index (Phi) is 4.84. The van der Waals surface area contributed by atoms with E-state index in [9.17, 15) is 0 Å². The van der Waals surface area contributed by atoms with Gasteiger partial charge in [0.2, 0.25) is 0 Å². The zero-order valence-electron chi connectivity index (χ0n) is 14.3. The lowest BCUT2D eigenvalue weighted by molar-refractivity contribution is 0.411. The third kappa shape index (κ3) is 3.42. The topological polar surface area (TPSA) is 48.2 Å². The van der Waals surface area contributed by atoms with Crippen molar-refractivity contribution < 1.29 is 9.15 Å². The average Bonchev–Trinajstić information content (AvgIpc) is 3.14. The summed E-state index contributed by atoms with van der Waals surface area (Å²) in [7, 11) is 1.62. The van der Waals surface area contributed by atoms with Gasteiger partial charge in [-0.15, -0.1) is 0 Å². The highest BCUT2D eigenvalue weighted by Gasteiger charge is 2.13. The minimum Gasteiger partial charge on any atom is -0.493 e. The Morgan fingerprint density at radius 1 is 0.963 bits per heavy atom. The Bertz CT molecular complexity index is 1120. The Balaban J connectivity index is 1.84. The van der Waals surface area contributed by atoms with Gasteiger partial charge in [-0.2, -0.15) is 0 Å². The molecule has 0 aliphatic carbocycles. The van der Waals surface area contributed by atoms with E-state index in [1.807, 2.05) is 42.5 Å². The number of benzene rings is 1. The number of furan rings is 1. The molecule has 4 aromatic rings. The summed E-state index contributed by atoms with van der Waals surface area (Å²) in [5.41, 5.74) is 3.30. The molecule has 0 N–H and O–H groups in total. The molecule has 27 heavy (non-hydrogen) atoms. The molecule has 3 aromatic heterocycles. The maximum absolute atomic E-state index is 6.20. The van der Waals surface area contributed by atoms with Crippen molar-refractivity contribution in [3.05, 3.63) is 76.3 Å². The standard InChI is InChI=1S/C21H14Cl2N2O2/c1-26-19-5-3-13(2-4-15-17(22)11-25-12-18(15)23)16-10-20(27-21(16)19)14-6-8-24-9-7-14/h2-12H,1H3. The Labute approximate surface area is 166 Å². The smallest absolute Gasteiger partial charge is 0.177 e. The third-order valence-electron chi connectivity index (χ3n) is 4.19. The van der Waals surface area contributed by atoms with E-state index in [0.29, 0.717) is 21.4 Å². The van der Waals surface area contributed by atoms with Crippen LogP contribution in [0.4, 0.5) is 0 Å². The van der Waals surface area contributed by atoms with E-state index in [4.69, 9.17) is 32.4 Å². The molecule has 0 bridgehead atoms. The van der Waals surface area contributed by atoms with E-state index in [1.54, 1.807) is 31.9 Å². The summed E-state index contributed by atoms with van der Waals surface area (Å²) in [6.45, 7) is 0.